The van der Waals surface area contributed by atoms with Gasteiger partial charge in [-0.1, -0.05) is 176 Å². The van der Waals surface area contributed by atoms with Gasteiger partial charge in [0.15, 0.2) is 11.4 Å². The molecule has 0 atom stereocenters. The average molecular weight is 810 g/mol. The molecule has 4 heteroatoms. The first kappa shape index (κ1) is 37.2. The molecule has 3 aliphatic rings. The highest BCUT2D eigenvalue weighted by atomic mass is 19.1. The number of hydrogen-bond donors (Lipinski definition) is 0. The molecular weight excluding hydrogens is 766 g/mol. The third-order valence-corrected chi connectivity index (χ3v) is 13.4. The fourth-order valence-electron chi connectivity index (χ4n) is 10.5. The molecule has 0 spiro atoms. The maximum Gasteiger partial charge on any atom is 0.846 e. The summed E-state index contributed by atoms with van der Waals surface area (Å²) in [6.07, 6.45) is 16.4. The van der Waals surface area contributed by atoms with E-state index in [0.717, 1.165) is 103 Å². The summed E-state index contributed by atoms with van der Waals surface area (Å²) in [5.41, 5.74) is 16.4. The van der Waals surface area contributed by atoms with E-state index in [-0.39, 0.29) is 0 Å². The normalized spacial score (nSPS) is 14.0. The number of nitrogens with zero attached hydrogens (tertiary/aromatic N) is 2. The van der Waals surface area contributed by atoms with Gasteiger partial charge in [0.05, 0.1) is 28.9 Å². The second-order valence-corrected chi connectivity index (χ2v) is 17.0. The summed E-state index contributed by atoms with van der Waals surface area (Å²) in [4.78, 5) is 0. The molecule has 2 nitrogen and oxygen atoms in total. The summed E-state index contributed by atoms with van der Waals surface area (Å²) in [5, 5.41) is 6.72. The molecule has 8 aromatic carbocycles. The molecule has 0 unspecified atom stereocenters. The average Bonchev–Trinajstić information content (AvgIpc) is 3.83. The van der Waals surface area contributed by atoms with Crippen LogP contribution in [0.1, 0.15) is 51.9 Å². The highest BCUT2D eigenvalue weighted by molar-refractivity contribution is 6.47. The summed E-state index contributed by atoms with van der Waals surface area (Å²) in [6, 6.07) is 58.7. The fraction of sp³-hybridized carbons (Fsp3) is 0.0678. The van der Waals surface area contributed by atoms with Gasteiger partial charge in [0, 0.05) is 22.4 Å². The summed E-state index contributed by atoms with van der Waals surface area (Å²) in [5.74, 6) is 0. The Hall–Kier alpha value is -7.56. The Morgan fingerprint density at radius 1 is 0.635 bits per heavy atom. The van der Waals surface area contributed by atoms with E-state index in [9.17, 15) is 0 Å². The number of benzene rings is 8. The lowest BCUT2D eigenvalue weighted by atomic mass is 9.88. The van der Waals surface area contributed by atoms with Gasteiger partial charge in [0.2, 0.25) is 0 Å². The lowest BCUT2D eigenvalue weighted by Gasteiger charge is -2.17. The molecule has 0 radical (unpaired) electrons. The molecule has 0 fully saturated rings. The Bertz CT molecular complexity index is 3500. The lowest BCUT2D eigenvalue weighted by molar-refractivity contribution is -0.289. The van der Waals surface area contributed by atoms with E-state index >= 15 is 4.32 Å². The lowest BCUT2D eigenvalue weighted by Crippen LogP contribution is -2.39. The Kier molecular flexibility index (Phi) is 8.93. The summed E-state index contributed by atoms with van der Waals surface area (Å²) < 4.78 is 22.8. The number of rotatable bonds is 8. The van der Waals surface area contributed by atoms with E-state index in [1.54, 1.807) is 0 Å². The van der Waals surface area contributed by atoms with Crippen molar-refractivity contribution >= 4 is 69.2 Å². The van der Waals surface area contributed by atoms with Crippen LogP contribution in [-0.4, -0.2) is 21.9 Å². The molecule has 1 aromatic heterocycles. The van der Waals surface area contributed by atoms with Crippen molar-refractivity contribution < 1.29 is 8.80 Å². The third kappa shape index (κ3) is 6.04. The molecule has 0 saturated heterocycles. The van der Waals surface area contributed by atoms with Crippen LogP contribution < -0.4 is 0 Å². The fourth-order valence-corrected chi connectivity index (χ4v) is 10.5. The first-order chi connectivity index (χ1) is 31.1. The van der Waals surface area contributed by atoms with Crippen LogP contribution in [0.4, 0.5) is 4.32 Å². The van der Waals surface area contributed by atoms with Crippen LogP contribution in [-0.2, 0) is 12.8 Å². The molecule has 63 heavy (non-hydrogen) atoms. The van der Waals surface area contributed by atoms with Crippen molar-refractivity contribution in [1.29, 1.82) is 0 Å². The largest absolute Gasteiger partial charge is 0.846 e. The van der Waals surface area contributed by atoms with Crippen molar-refractivity contribution in [2.24, 2.45) is 0 Å². The van der Waals surface area contributed by atoms with Gasteiger partial charge in [-0.3, -0.25) is 4.48 Å². The van der Waals surface area contributed by atoms with Gasteiger partial charge >= 0.3 is 7.26 Å². The van der Waals surface area contributed by atoms with Crippen LogP contribution in [0.15, 0.2) is 189 Å². The van der Waals surface area contributed by atoms with Gasteiger partial charge < -0.3 is 0 Å². The summed E-state index contributed by atoms with van der Waals surface area (Å²) in [6.45, 7) is 3.93. The standard InChI is InChI=1S/C59H43BFN2/c1-2-3-4-16-39-17-5-6-21-43(39)37-56-54-35-44(49-28-13-22-40-18-7-10-25-46(40)49)31-33-51(54)57-38-58-52-34-32-45(50-29-14-23-41-19-8-11-26-47(41)50)36-55(52)59(63(58)60(61)62(56)57)53-30-15-24-42-20-9-12-27-48(42)53/h2,4-10,12-25,27-36,38H,1,3,11,26,37H2/q+1/b16-4-. The van der Waals surface area contributed by atoms with Crippen molar-refractivity contribution in [3.05, 3.63) is 228 Å². The Morgan fingerprint density at radius 3 is 2.17 bits per heavy atom. The first-order valence-corrected chi connectivity index (χ1v) is 22.1. The Balaban J connectivity index is 1.12. The van der Waals surface area contributed by atoms with Gasteiger partial charge in [-0.15, -0.1) is 6.58 Å². The van der Waals surface area contributed by atoms with E-state index in [4.69, 9.17) is 0 Å². The molecule has 0 N–H and O–H groups in total. The Morgan fingerprint density at radius 2 is 1.33 bits per heavy atom. The predicted molar refractivity (Wildman–Crippen MR) is 266 cm³/mol. The highest BCUT2D eigenvalue weighted by Gasteiger charge is 2.52. The molecule has 0 amide bonds. The number of allylic oxidation sites excluding steroid dienone is 3. The van der Waals surface area contributed by atoms with Gasteiger partial charge in [0.1, 0.15) is 0 Å². The van der Waals surface area contributed by atoms with Gasteiger partial charge in [0.25, 0.3) is 0 Å². The molecule has 3 heterocycles. The zero-order chi connectivity index (χ0) is 42.0. The molecule has 12 rings (SSSR count). The smallest absolute Gasteiger partial charge is 0.285 e. The molecular formula is C59H43BFN2+. The number of aromatic nitrogens is 1. The minimum atomic E-state index is -1.52. The van der Waals surface area contributed by atoms with E-state index in [2.05, 4.69) is 201 Å². The number of fused-ring (bicyclic) bond motifs is 9. The number of hydrogen-bond acceptors (Lipinski definition) is 0. The van der Waals surface area contributed by atoms with Crippen molar-refractivity contribution in [3.8, 4) is 33.5 Å². The van der Waals surface area contributed by atoms with Crippen molar-refractivity contribution in [2.45, 2.75) is 25.7 Å². The second-order valence-electron chi connectivity index (χ2n) is 17.0. The molecule has 1 aliphatic carbocycles. The molecule has 298 valence electrons. The van der Waals surface area contributed by atoms with Gasteiger partial charge in [-0.25, -0.2) is 8.80 Å². The SMILES string of the molecule is C=CC/C=C\c1ccccc1CC1=[N+]2B(F)n3c(c4ccc(-c5cccc6c5CCC=C6)cc4c3-c3cccc4ccccc34)C=C2c2ccc(-c3cccc4ccccc34)cc21. The Labute approximate surface area is 367 Å². The summed E-state index contributed by atoms with van der Waals surface area (Å²) >= 11 is 0. The van der Waals surface area contributed by atoms with Crippen LogP contribution in [0.3, 0.4) is 0 Å². The second kappa shape index (κ2) is 15.1. The van der Waals surface area contributed by atoms with Gasteiger partial charge in [-0.05, 0) is 104 Å². The molecule has 2 aliphatic heterocycles. The van der Waals surface area contributed by atoms with E-state index < -0.39 is 7.26 Å². The minimum Gasteiger partial charge on any atom is -0.285 e. The first-order valence-electron chi connectivity index (χ1n) is 22.1. The quantitative estimate of drug-likeness (QED) is 0.107. The van der Waals surface area contributed by atoms with Crippen LogP contribution in [0.25, 0.3) is 89.8 Å². The minimum absolute atomic E-state index is 0.551. The molecule has 0 bridgehead atoms. The van der Waals surface area contributed by atoms with Crippen LogP contribution in [0.5, 0.6) is 0 Å². The maximum atomic E-state index is 18.9. The van der Waals surface area contributed by atoms with Crippen molar-refractivity contribution in [2.75, 3.05) is 0 Å². The summed E-state index contributed by atoms with van der Waals surface area (Å²) in [7, 11) is -1.52. The zero-order valence-electron chi connectivity index (χ0n) is 34.9. The topological polar surface area (TPSA) is 7.94 Å². The number of halogens is 1. The molecule has 9 aromatic rings. The van der Waals surface area contributed by atoms with E-state index in [0.29, 0.717) is 6.42 Å². The third-order valence-electron chi connectivity index (χ3n) is 13.4. The van der Waals surface area contributed by atoms with Crippen LogP contribution in [0.2, 0.25) is 0 Å². The predicted octanol–water partition coefficient (Wildman–Crippen LogP) is 14.9. The zero-order valence-corrected chi connectivity index (χ0v) is 34.9. The monoisotopic (exact) mass is 809 g/mol. The molecule has 0 saturated carbocycles. The maximum absolute atomic E-state index is 18.9. The van der Waals surface area contributed by atoms with Crippen molar-refractivity contribution in [3.63, 3.8) is 0 Å². The highest BCUT2D eigenvalue weighted by Crippen LogP contribution is 2.46. The van der Waals surface area contributed by atoms with Gasteiger partial charge in [-0.2, -0.15) is 0 Å². The van der Waals surface area contributed by atoms with Crippen LogP contribution in [0, 0.1) is 0 Å². The van der Waals surface area contributed by atoms with E-state index in [1.807, 2.05) is 15.0 Å². The van der Waals surface area contributed by atoms with Crippen molar-refractivity contribution in [1.82, 2.24) is 4.48 Å². The van der Waals surface area contributed by atoms with E-state index in [1.165, 1.54) is 33.0 Å². The van der Waals surface area contributed by atoms with Crippen LogP contribution >= 0.6 is 0 Å².